The molecule has 1 aromatic carbocycles. The van der Waals surface area contributed by atoms with Crippen LogP contribution < -0.4 is 4.90 Å². The summed E-state index contributed by atoms with van der Waals surface area (Å²) in [7, 11) is 0. The molecule has 0 saturated carbocycles. The van der Waals surface area contributed by atoms with Gasteiger partial charge in [0.05, 0.1) is 11.6 Å². The molecule has 0 bridgehead atoms. The summed E-state index contributed by atoms with van der Waals surface area (Å²) < 4.78 is 38.5. The minimum atomic E-state index is -4.47. The number of carbonyl (C=O) groups excluding carboxylic acids is 1. The van der Waals surface area contributed by atoms with Crippen LogP contribution in [0.1, 0.15) is 39.9 Å². The molecule has 0 spiro atoms. The van der Waals surface area contributed by atoms with E-state index in [1.165, 1.54) is 0 Å². The van der Waals surface area contributed by atoms with Crippen molar-refractivity contribution in [2.24, 2.45) is 5.92 Å². The Balaban J connectivity index is 1.37. The van der Waals surface area contributed by atoms with Crippen molar-refractivity contribution >= 4 is 11.6 Å². The summed E-state index contributed by atoms with van der Waals surface area (Å²) in [5, 5.41) is 9.46. The summed E-state index contributed by atoms with van der Waals surface area (Å²) in [4.78, 5) is 19.8. The zero-order valence-electron chi connectivity index (χ0n) is 16.8. The molecule has 1 saturated heterocycles. The van der Waals surface area contributed by atoms with E-state index in [9.17, 15) is 23.2 Å². The number of aryl methyl sites for hydroxylation is 2. The molecule has 1 fully saturated rings. The lowest BCUT2D eigenvalue weighted by Gasteiger charge is -2.41. The van der Waals surface area contributed by atoms with Gasteiger partial charge in [-0.3, -0.25) is 9.78 Å². The lowest BCUT2D eigenvalue weighted by atomic mass is 9.95. The Morgan fingerprint density at radius 2 is 1.90 bits per heavy atom. The number of fused-ring (bicyclic) bond motifs is 1. The van der Waals surface area contributed by atoms with Gasteiger partial charge in [0, 0.05) is 50.4 Å². The number of nitriles is 1. The van der Waals surface area contributed by atoms with Gasteiger partial charge < -0.3 is 9.80 Å². The molecule has 2 aromatic rings. The average molecular weight is 414 g/mol. The van der Waals surface area contributed by atoms with Crippen molar-refractivity contribution in [2.75, 3.05) is 18.0 Å². The van der Waals surface area contributed by atoms with Crippen LogP contribution in [-0.4, -0.2) is 28.9 Å². The van der Waals surface area contributed by atoms with Gasteiger partial charge >= 0.3 is 6.18 Å². The van der Waals surface area contributed by atoms with Gasteiger partial charge in [0.25, 0.3) is 0 Å². The summed E-state index contributed by atoms with van der Waals surface area (Å²) in [5.41, 5.74) is 4.22. The summed E-state index contributed by atoms with van der Waals surface area (Å²) >= 11 is 0. The molecule has 0 atom stereocenters. The highest BCUT2D eigenvalue weighted by Crippen LogP contribution is 2.34. The van der Waals surface area contributed by atoms with Crippen LogP contribution >= 0.6 is 0 Å². The second-order valence-electron chi connectivity index (χ2n) is 8.08. The first kappa shape index (κ1) is 20.2. The monoisotopic (exact) mass is 414 g/mol. The first-order valence-corrected chi connectivity index (χ1v) is 9.75. The van der Waals surface area contributed by atoms with Gasteiger partial charge in [-0.2, -0.15) is 18.4 Å². The minimum absolute atomic E-state index is 0.0162. The van der Waals surface area contributed by atoms with Gasteiger partial charge in [0.1, 0.15) is 5.69 Å². The Morgan fingerprint density at radius 3 is 2.57 bits per heavy atom. The second-order valence-corrected chi connectivity index (χ2v) is 8.08. The molecule has 156 valence electrons. The first-order valence-electron chi connectivity index (χ1n) is 9.75. The molecule has 0 radical (unpaired) electrons. The van der Waals surface area contributed by atoms with E-state index in [-0.39, 0.29) is 11.8 Å². The van der Waals surface area contributed by atoms with Gasteiger partial charge in [-0.05, 0) is 48.2 Å². The van der Waals surface area contributed by atoms with Gasteiger partial charge in [0.2, 0.25) is 5.91 Å². The van der Waals surface area contributed by atoms with Gasteiger partial charge in [0.15, 0.2) is 0 Å². The molecule has 8 heteroatoms. The summed E-state index contributed by atoms with van der Waals surface area (Å²) in [6.45, 7) is 5.92. The van der Waals surface area contributed by atoms with Crippen molar-refractivity contribution in [3.63, 3.8) is 0 Å². The van der Waals surface area contributed by atoms with Crippen LogP contribution in [0.2, 0.25) is 0 Å². The van der Waals surface area contributed by atoms with Crippen molar-refractivity contribution < 1.29 is 18.0 Å². The SMILES string of the molecule is Cc1cc(C)c2c(c1C#N)CN(C(=O)CC1CN(c3ccnc(C(F)(F)F)c3)C1)C2. The van der Waals surface area contributed by atoms with Crippen molar-refractivity contribution in [1.29, 1.82) is 5.26 Å². The number of pyridine rings is 1. The van der Waals surface area contributed by atoms with Crippen molar-refractivity contribution in [1.82, 2.24) is 9.88 Å². The van der Waals surface area contributed by atoms with E-state index in [1.807, 2.05) is 24.8 Å². The highest BCUT2D eigenvalue weighted by atomic mass is 19.4. The molecule has 3 heterocycles. The number of nitrogens with zero attached hydrogens (tertiary/aromatic N) is 4. The number of alkyl halides is 3. The van der Waals surface area contributed by atoms with Crippen LogP contribution in [0.5, 0.6) is 0 Å². The van der Waals surface area contributed by atoms with Crippen LogP contribution in [0.4, 0.5) is 18.9 Å². The fourth-order valence-electron chi connectivity index (χ4n) is 4.33. The van der Waals surface area contributed by atoms with Crippen LogP contribution in [0.3, 0.4) is 0 Å². The van der Waals surface area contributed by atoms with Crippen molar-refractivity contribution in [2.45, 2.75) is 39.5 Å². The summed E-state index contributed by atoms with van der Waals surface area (Å²) in [6.07, 6.45) is -2.96. The van der Waals surface area contributed by atoms with E-state index in [2.05, 4.69) is 11.1 Å². The van der Waals surface area contributed by atoms with Crippen LogP contribution in [0, 0.1) is 31.1 Å². The number of hydrogen-bond donors (Lipinski definition) is 0. The van der Waals surface area contributed by atoms with Gasteiger partial charge in [-0.25, -0.2) is 0 Å². The number of halogens is 3. The van der Waals surface area contributed by atoms with E-state index in [0.29, 0.717) is 43.9 Å². The maximum atomic E-state index is 12.8. The number of aromatic nitrogens is 1. The molecule has 2 aliphatic heterocycles. The Bertz CT molecular complexity index is 1050. The Morgan fingerprint density at radius 1 is 1.20 bits per heavy atom. The van der Waals surface area contributed by atoms with E-state index >= 15 is 0 Å². The predicted octanol–water partition coefficient (Wildman–Crippen LogP) is 3.96. The number of hydrogen-bond acceptors (Lipinski definition) is 4. The fraction of sp³-hybridized carbons (Fsp3) is 0.409. The van der Waals surface area contributed by atoms with Crippen molar-refractivity contribution in [3.8, 4) is 6.07 Å². The quantitative estimate of drug-likeness (QED) is 0.763. The lowest BCUT2D eigenvalue weighted by Crippen LogP contribution is -2.48. The lowest BCUT2D eigenvalue weighted by molar-refractivity contribution is -0.141. The highest BCUT2D eigenvalue weighted by Gasteiger charge is 2.36. The largest absolute Gasteiger partial charge is 0.433 e. The summed E-state index contributed by atoms with van der Waals surface area (Å²) in [6, 6.07) is 6.84. The highest BCUT2D eigenvalue weighted by molar-refractivity contribution is 5.78. The maximum Gasteiger partial charge on any atom is 0.433 e. The summed E-state index contributed by atoms with van der Waals surface area (Å²) in [5.74, 6) is 0.115. The van der Waals surface area contributed by atoms with Crippen LogP contribution in [-0.2, 0) is 24.1 Å². The smallest absolute Gasteiger partial charge is 0.371 e. The fourth-order valence-corrected chi connectivity index (χ4v) is 4.33. The topological polar surface area (TPSA) is 60.2 Å². The third-order valence-corrected chi connectivity index (χ3v) is 5.95. The van der Waals surface area contributed by atoms with E-state index in [1.54, 1.807) is 11.0 Å². The number of benzene rings is 1. The van der Waals surface area contributed by atoms with Crippen LogP contribution in [0.15, 0.2) is 24.4 Å². The average Bonchev–Trinajstić information content (AvgIpc) is 3.10. The molecule has 0 aliphatic carbocycles. The zero-order chi connectivity index (χ0) is 21.6. The Labute approximate surface area is 172 Å². The number of rotatable bonds is 3. The van der Waals surface area contributed by atoms with Crippen molar-refractivity contribution in [3.05, 3.63) is 57.9 Å². The van der Waals surface area contributed by atoms with Gasteiger partial charge in [-0.15, -0.1) is 0 Å². The van der Waals surface area contributed by atoms with Crippen LogP contribution in [0.25, 0.3) is 0 Å². The first-order chi connectivity index (χ1) is 14.2. The third kappa shape index (κ3) is 3.60. The molecule has 0 N–H and O–H groups in total. The Hall–Kier alpha value is -3.08. The van der Waals surface area contributed by atoms with E-state index in [4.69, 9.17) is 0 Å². The molecular weight excluding hydrogens is 393 g/mol. The van der Waals surface area contributed by atoms with E-state index in [0.717, 1.165) is 34.5 Å². The minimum Gasteiger partial charge on any atom is -0.371 e. The van der Waals surface area contributed by atoms with Gasteiger partial charge in [-0.1, -0.05) is 6.07 Å². The number of anilines is 1. The Kier molecular flexibility index (Phi) is 4.92. The van der Waals surface area contributed by atoms with E-state index < -0.39 is 11.9 Å². The molecular formula is C22H21F3N4O. The zero-order valence-corrected chi connectivity index (χ0v) is 16.8. The molecule has 0 unspecified atom stereocenters. The molecule has 4 rings (SSSR count). The maximum absolute atomic E-state index is 12.8. The molecule has 1 aromatic heterocycles. The third-order valence-electron chi connectivity index (χ3n) is 5.95. The second kappa shape index (κ2) is 7.31. The normalized spacial score (nSPS) is 16.3. The predicted molar refractivity (Wildman–Crippen MR) is 104 cm³/mol. The number of carbonyl (C=O) groups is 1. The molecule has 5 nitrogen and oxygen atoms in total. The number of amides is 1. The molecule has 30 heavy (non-hydrogen) atoms. The molecule has 2 aliphatic rings. The molecule has 1 amide bonds. The standard InChI is InChI=1S/C22H21F3N4O/c1-13-5-14(2)18-11-29(12-19(18)17(13)8-26)21(30)6-15-9-28(10-15)16-3-4-27-20(7-16)22(23,24)25/h3-5,7,15H,6,9-12H2,1-2H3.